The normalized spacial score (nSPS) is 10.7. The molecule has 0 saturated carbocycles. The summed E-state index contributed by atoms with van der Waals surface area (Å²) in [5.41, 5.74) is 7.22. The highest BCUT2D eigenvalue weighted by molar-refractivity contribution is 9.10. The van der Waals surface area contributed by atoms with Gasteiger partial charge in [0, 0.05) is 21.7 Å². The number of pyridine rings is 1. The zero-order valence-electron chi connectivity index (χ0n) is 10.3. The molecule has 0 aliphatic carbocycles. The number of nitrogens with zero attached hydrogens (tertiary/aromatic N) is 1. The topological polar surface area (TPSA) is 68.0 Å². The van der Waals surface area contributed by atoms with Gasteiger partial charge in [0.15, 0.2) is 0 Å². The molecule has 3 N–H and O–H groups in total. The first kappa shape index (κ1) is 13.1. The quantitative estimate of drug-likeness (QED) is 0.738. The lowest BCUT2D eigenvalue weighted by Gasteiger charge is -2.04. The van der Waals surface area contributed by atoms with Gasteiger partial charge in [0.1, 0.15) is 9.71 Å². The van der Waals surface area contributed by atoms with Gasteiger partial charge in [-0.3, -0.25) is 4.79 Å². The third-order valence-corrected chi connectivity index (χ3v) is 4.47. The molecule has 3 aromatic rings. The zero-order valence-corrected chi connectivity index (χ0v) is 12.7. The Morgan fingerprint density at radius 1 is 1.25 bits per heavy atom. The predicted octanol–water partition coefficient (Wildman–Crippen LogP) is 3.89. The molecular weight excluding hydrogens is 338 g/mol. The number of anilines is 2. The largest absolute Gasteiger partial charge is 0.397 e. The second kappa shape index (κ2) is 5.22. The Labute approximate surface area is 127 Å². The number of carbonyl (C=O) groups is 1. The standard InChI is InChI=1S/C14H10BrN3OS/c15-8-3-5-9(6-4-8)18-13(19)12-11(16)10-2-1-7-17-14(10)20-12/h1-7H,16H2,(H,18,19). The first-order valence-electron chi connectivity index (χ1n) is 5.85. The van der Waals surface area contributed by atoms with E-state index in [1.54, 1.807) is 6.20 Å². The molecule has 0 spiro atoms. The van der Waals surface area contributed by atoms with Gasteiger partial charge in [-0.25, -0.2) is 4.98 Å². The van der Waals surface area contributed by atoms with E-state index in [2.05, 4.69) is 26.2 Å². The van der Waals surface area contributed by atoms with E-state index in [0.717, 1.165) is 20.4 Å². The minimum atomic E-state index is -0.215. The minimum absolute atomic E-state index is 0.215. The minimum Gasteiger partial charge on any atom is -0.397 e. The Balaban J connectivity index is 1.92. The van der Waals surface area contributed by atoms with Crippen LogP contribution in [0.3, 0.4) is 0 Å². The second-order valence-electron chi connectivity index (χ2n) is 4.16. The summed E-state index contributed by atoms with van der Waals surface area (Å²) in [5, 5.41) is 3.65. The van der Waals surface area contributed by atoms with Gasteiger partial charge in [0.05, 0.1) is 5.69 Å². The highest BCUT2D eigenvalue weighted by Crippen LogP contribution is 2.32. The van der Waals surface area contributed by atoms with Gasteiger partial charge >= 0.3 is 0 Å². The molecule has 6 heteroatoms. The number of fused-ring (bicyclic) bond motifs is 1. The summed E-state index contributed by atoms with van der Waals surface area (Å²) in [4.78, 5) is 17.7. The van der Waals surface area contributed by atoms with E-state index in [-0.39, 0.29) is 5.91 Å². The van der Waals surface area contributed by atoms with Crippen LogP contribution in [-0.2, 0) is 0 Å². The smallest absolute Gasteiger partial charge is 0.267 e. The van der Waals surface area contributed by atoms with Crippen molar-refractivity contribution < 1.29 is 4.79 Å². The Morgan fingerprint density at radius 3 is 2.70 bits per heavy atom. The maximum Gasteiger partial charge on any atom is 0.267 e. The molecule has 0 aliphatic heterocycles. The Morgan fingerprint density at radius 2 is 2.00 bits per heavy atom. The van der Waals surface area contributed by atoms with E-state index in [1.165, 1.54) is 11.3 Å². The van der Waals surface area contributed by atoms with Gasteiger partial charge in [-0.05, 0) is 36.4 Å². The highest BCUT2D eigenvalue weighted by Gasteiger charge is 2.16. The number of thiophene rings is 1. The van der Waals surface area contributed by atoms with E-state index in [1.807, 2.05) is 36.4 Å². The molecule has 0 radical (unpaired) electrons. The van der Waals surface area contributed by atoms with Gasteiger partial charge in [-0.2, -0.15) is 0 Å². The summed E-state index contributed by atoms with van der Waals surface area (Å²) in [7, 11) is 0. The van der Waals surface area contributed by atoms with Gasteiger partial charge in [0.25, 0.3) is 5.91 Å². The third kappa shape index (κ3) is 2.39. The van der Waals surface area contributed by atoms with E-state index in [9.17, 15) is 4.79 Å². The summed E-state index contributed by atoms with van der Waals surface area (Å²) < 4.78 is 0.959. The van der Waals surface area contributed by atoms with Crippen molar-refractivity contribution in [1.29, 1.82) is 0 Å². The third-order valence-electron chi connectivity index (χ3n) is 2.81. The molecule has 0 unspecified atom stereocenters. The second-order valence-corrected chi connectivity index (χ2v) is 6.08. The SMILES string of the molecule is Nc1c(C(=O)Nc2ccc(Br)cc2)sc2ncccc12. The number of carbonyl (C=O) groups excluding carboxylic acids is 1. The lowest BCUT2D eigenvalue weighted by atomic mass is 10.2. The van der Waals surface area contributed by atoms with Crippen LogP contribution < -0.4 is 11.1 Å². The molecular formula is C14H10BrN3OS. The number of amides is 1. The van der Waals surface area contributed by atoms with Gasteiger partial charge in [-0.15, -0.1) is 11.3 Å². The lowest BCUT2D eigenvalue weighted by Crippen LogP contribution is -2.11. The molecule has 100 valence electrons. The van der Waals surface area contributed by atoms with Gasteiger partial charge < -0.3 is 11.1 Å². The zero-order chi connectivity index (χ0) is 14.1. The maximum absolute atomic E-state index is 12.3. The Hall–Kier alpha value is -1.92. The van der Waals surface area contributed by atoms with Crippen LogP contribution in [0.15, 0.2) is 47.1 Å². The van der Waals surface area contributed by atoms with E-state index in [4.69, 9.17) is 5.73 Å². The van der Waals surface area contributed by atoms with E-state index < -0.39 is 0 Å². The Bertz CT molecular complexity index is 783. The molecule has 1 amide bonds. The van der Waals surface area contributed by atoms with E-state index >= 15 is 0 Å². The molecule has 0 saturated heterocycles. The summed E-state index contributed by atoms with van der Waals surface area (Å²) in [6.07, 6.45) is 1.69. The number of nitrogens with two attached hydrogens (primary N) is 1. The van der Waals surface area contributed by atoms with Crippen molar-refractivity contribution in [1.82, 2.24) is 4.98 Å². The number of hydrogen-bond acceptors (Lipinski definition) is 4. The highest BCUT2D eigenvalue weighted by atomic mass is 79.9. The van der Waals surface area contributed by atoms with Gasteiger partial charge in [-0.1, -0.05) is 15.9 Å². The number of hydrogen-bond donors (Lipinski definition) is 2. The Kier molecular flexibility index (Phi) is 3.42. The first-order valence-corrected chi connectivity index (χ1v) is 7.46. The number of nitrogen functional groups attached to an aromatic ring is 1. The van der Waals surface area contributed by atoms with Crippen LogP contribution in [0.25, 0.3) is 10.2 Å². The van der Waals surface area contributed by atoms with E-state index in [0.29, 0.717) is 10.6 Å². The van der Waals surface area contributed by atoms with Crippen molar-refractivity contribution in [2.75, 3.05) is 11.1 Å². The van der Waals surface area contributed by atoms with Crippen LogP contribution in [0, 0.1) is 0 Å². The predicted molar refractivity (Wildman–Crippen MR) is 86.1 cm³/mol. The average molecular weight is 348 g/mol. The van der Waals surface area contributed by atoms with Crippen molar-refractivity contribution in [2.24, 2.45) is 0 Å². The van der Waals surface area contributed by atoms with Crippen LogP contribution >= 0.6 is 27.3 Å². The molecule has 0 atom stereocenters. The molecule has 2 aromatic heterocycles. The van der Waals surface area contributed by atoms with Crippen LogP contribution in [0.5, 0.6) is 0 Å². The monoisotopic (exact) mass is 347 g/mol. The average Bonchev–Trinajstić information content (AvgIpc) is 2.79. The number of rotatable bonds is 2. The molecule has 0 bridgehead atoms. The van der Waals surface area contributed by atoms with Crippen LogP contribution in [0.2, 0.25) is 0 Å². The number of benzene rings is 1. The first-order chi connectivity index (χ1) is 9.65. The summed E-state index contributed by atoms with van der Waals surface area (Å²) in [6, 6.07) is 11.1. The van der Waals surface area contributed by atoms with Crippen molar-refractivity contribution in [3.63, 3.8) is 0 Å². The summed E-state index contributed by atoms with van der Waals surface area (Å²) in [5.74, 6) is -0.215. The number of nitrogens with one attached hydrogen (secondary N) is 1. The number of halogens is 1. The lowest BCUT2D eigenvalue weighted by molar-refractivity contribution is 0.103. The molecule has 20 heavy (non-hydrogen) atoms. The fraction of sp³-hybridized carbons (Fsp3) is 0. The molecule has 0 aliphatic rings. The van der Waals surface area contributed by atoms with Crippen LogP contribution in [0.1, 0.15) is 9.67 Å². The van der Waals surface area contributed by atoms with Crippen molar-refractivity contribution >= 4 is 54.8 Å². The fourth-order valence-electron chi connectivity index (χ4n) is 1.84. The van der Waals surface area contributed by atoms with Gasteiger partial charge in [0.2, 0.25) is 0 Å². The van der Waals surface area contributed by atoms with Crippen LogP contribution in [0.4, 0.5) is 11.4 Å². The van der Waals surface area contributed by atoms with Crippen LogP contribution in [-0.4, -0.2) is 10.9 Å². The summed E-state index contributed by atoms with van der Waals surface area (Å²) in [6.45, 7) is 0. The molecule has 2 heterocycles. The van der Waals surface area contributed by atoms with Crippen molar-refractivity contribution in [3.8, 4) is 0 Å². The number of aromatic nitrogens is 1. The van der Waals surface area contributed by atoms with Crippen molar-refractivity contribution in [2.45, 2.75) is 0 Å². The molecule has 4 nitrogen and oxygen atoms in total. The molecule has 3 rings (SSSR count). The molecule has 0 fully saturated rings. The van der Waals surface area contributed by atoms with Crippen molar-refractivity contribution in [3.05, 3.63) is 51.9 Å². The molecule has 1 aromatic carbocycles. The summed E-state index contributed by atoms with van der Waals surface area (Å²) >= 11 is 4.65. The fourth-order valence-corrected chi connectivity index (χ4v) is 3.06. The maximum atomic E-state index is 12.3.